The fraction of sp³-hybridized carbons (Fsp3) is 0.562. The van der Waals surface area contributed by atoms with Gasteiger partial charge in [-0.2, -0.15) is 0 Å². The molecule has 24 heavy (non-hydrogen) atoms. The maximum Gasteiger partial charge on any atom is 0.268 e. The van der Waals surface area contributed by atoms with Crippen LogP contribution in [-0.4, -0.2) is 30.9 Å². The first kappa shape index (κ1) is 16.7. The van der Waals surface area contributed by atoms with Crippen molar-refractivity contribution >= 4 is 14.2 Å². The predicted molar refractivity (Wildman–Crippen MR) is 94.0 cm³/mol. The molecule has 0 bridgehead atoms. The third-order valence-electron chi connectivity index (χ3n) is 5.32. The molecule has 0 radical (unpaired) electrons. The van der Waals surface area contributed by atoms with Gasteiger partial charge in [0, 0.05) is 11.1 Å². The van der Waals surface area contributed by atoms with Crippen molar-refractivity contribution in [3.05, 3.63) is 46.3 Å². The number of nitrogens with zero attached hydrogens (tertiary/aromatic N) is 4. The van der Waals surface area contributed by atoms with E-state index >= 15 is 0 Å². The Balaban J connectivity index is 2.00. The summed E-state index contributed by atoms with van der Waals surface area (Å²) in [6.07, 6.45) is 3.87. The minimum atomic E-state index is -2.07. The maximum absolute atomic E-state index is 12.3. The van der Waals surface area contributed by atoms with Crippen LogP contribution in [0.2, 0.25) is 18.1 Å². The average Bonchev–Trinajstić information content (AvgIpc) is 3.05. The Bertz CT molecular complexity index is 755. The van der Waals surface area contributed by atoms with Crippen molar-refractivity contribution in [2.24, 2.45) is 5.11 Å². The van der Waals surface area contributed by atoms with E-state index in [0.29, 0.717) is 11.5 Å². The van der Waals surface area contributed by atoms with Crippen molar-refractivity contribution in [2.45, 2.75) is 57.0 Å². The van der Waals surface area contributed by atoms with Gasteiger partial charge in [-0.3, -0.25) is 4.79 Å². The summed E-state index contributed by atoms with van der Waals surface area (Å²) in [5.74, 6) is 0.526. The first-order chi connectivity index (χ1) is 11.2. The number of carbonyl (C=O) groups excluding carboxylic acids is 1. The maximum atomic E-state index is 12.3. The van der Waals surface area contributed by atoms with Crippen molar-refractivity contribution < 1.29 is 9.22 Å². The van der Waals surface area contributed by atoms with Crippen molar-refractivity contribution in [1.82, 2.24) is 9.88 Å². The lowest BCUT2D eigenvalue weighted by molar-refractivity contribution is 0.0888. The monoisotopic (exact) mass is 345 g/mol. The third-order valence-corrected chi connectivity index (χ3v) is 9.68. The Morgan fingerprint density at radius 1 is 1.42 bits per heavy atom. The van der Waals surface area contributed by atoms with Gasteiger partial charge in [-0.15, -0.1) is 0 Å². The van der Waals surface area contributed by atoms with Crippen LogP contribution in [-0.2, 0) is 4.43 Å². The number of fused-ring (bicyclic) bond motifs is 3. The molecule has 8 heteroatoms. The number of hydrogen-bond donors (Lipinski definition) is 1. The standard InChI is InChI=1S/C16H23N5O2Si/c1-16(2,3)24(4,5)23-12-9-11-13(14(12)19-20-17)18-15(22)10-7-6-8-21(10)11/h6-9,11,13-14H,1-5H3,(H,18,22)/t11-,13-,14-/m1/s1. The van der Waals surface area contributed by atoms with E-state index < -0.39 is 14.4 Å². The molecule has 128 valence electrons. The van der Waals surface area contributed by atoms with Crippen molar-refractivity contribution in [3.63, 3.8) is 0 Å². The highest BCUT2D eigenvalue weighted by Gasteiger charge is 2.47. The Hall–Kier alpha value is -2.18. The molecule has 2 heterocycles. The number of nitrogens with one attached hydrogen (secondary N) is 1. The van der Waals surface area contributed by atoms with Crippen LogP contribution in [0.25, 0.3) is 10.4 Å². The van der Waals surface area contributed by atoms with E-state index in [1.54, 1.807) is 6.07 Å². The highest BCUT2D eigenvalue weighted by molar-refractivity contribution is 6.74. The quantitative estimate of drug-likeness (QED) is 0.391. The zero-order valence-electron chi connectivity index (χ0n) is 14.6. The van der Waals surface area contributed by atoms with Crippen LogP contribution in [0.1, 0.15) is 37.3 Å². The van der Waals surface area contributed by atoms with Crippen molar-refractivity contribution in [3.8, 4) is 0 Å². The largest absolute Gasteiger partial charge is 0.546 e. The van der Waals surface area contributed by atoms with E-state index in [1.807, 2.05) is 22.9 Å². The van der Waals surface area contributed by atoms with Gasteiger partial charge in [0.1, 0.15) is 11.7 Å². The Morgan fingerprint density at radius 2 is 2.12 bits per heavy atom. The van der Waals surface area contributed by atoms with Gasteiger partial charge >= 0.3 is 0 Å². The summed E-state index contributed by atoms with van der Waals surface area (Å²) in [7, 11) is -2.07. The second-order valence-electron chi connectivity index (χ2n) is 7.87. The minimum Gasteiger partial charge on any atom is -0.546 e. The summed E-state index contributed by atoms with van der Waals surface area (Å²) in [6, 6.07) is 2.71. The molecule has 0 spiro atoms. The van der Waals surface area contributed by atoms with Gasteiger partial charge in [-0.05, 0) is 41.9 Å². The van der Waals surface area contributed by atoms with Gasteiger partial charge in [-0.25, -0.2) is 0 Å². The fourth-order valence-electron chi connectivity index (χ4n) is 2.95. The van der Waals surface area contributed by atoms with Crippen molar-refractivity contribution in [1.29, 1.82) is 0 Å². The van der Waals surface area contributed by atoms with Gasteiger partial charge in [-0.1, -0.05) is 25.9 Å². The molecule has 1 amide bonds. The predicted octanol–water partition coefficient (Wildman–Crippen LogP) is 3.74. The second-order valence-corrected chi connectivity index (χ2v) is 12.6. The molecule has 3 rings (SSSR count). The number of rotatable bonds is 3. The second kappa shape index (κ2) is 5.43. The smallest absolute Gasteiger partial charge is 0.268 e. The van der Waals surface area contributed by atoms with Gasteiger partial charge < -0.3 is 14.3 Å². The molecular weight excluding hydrogens is 322 g/mol. The molecule has 0 saturated carbocycles. The van der Waals surface area contributed by atoms with Crippen LogP contribution >= 0.6 is 0 Å². The number of amides is 1. The fourth-order valence-corrected chi connectivity index (χ4v) is 4.03. The van der Waals surface area contributed by atoms with Gasteiger partial charge in [0.15, 0.2) is 0 Å². The normalized spacial score (nSPS) is 26.0. The van der Waals surface area contributed by atoms with E-state index in [9.17, 15) is 4.79 Å². The molecule has 1 aliphatic carbocycles. The molecule has 1 aromatic heterocycles. The van der Waals surface area contributed by atoms with Gasteiger partial charge in [0.2, 0.25) is 8.32 Å². The van der Waals surface area contributed by atoms with E-state index in [0.717, 1.165) is 0 Å². The topological polar surface area (TPSA) is 92.0 Å². The molecule has 0 aromatic carbocycles. The first-order valence-electron chi connectivity index (χ1n) is 8.08. The zero-order chi connectivity index (χ0) is 17.7. The molecular formula is C16H23N5O2Si. The van der Waals surface area contributed by atoms with E-state index in [1.165, 1.54) is 0 Å². The molecule has 1 aliphatic heterocycles. The summed E-state index contributed by atoms with van der Waals surface area (Å²) in [4.78, 5) is 15.2. The Kier molecular flexibility index (Phi) is 3.77. The first-order valence-corrected chi connectivity index (χ1v) is 11.0. The summed E-state index contributed by atoms with van der Waals surface area (Å²) >= 11 is 0. The molecule has 0 fully saturated rings. The summed E-state index contributed by atoms with van der Waals surface area (Å²) in [6.45, 7) is 10.8. The Labute approximate surface area is 142 Å². The van der Waals surface area contributed by atoms with Crippen LogP contribution in [0.4, 0.5) is 0 Å². The summed E-state index contributed by atoms with van der Waals surface area (Å²) < 4.78 is 8.34. The minimum absolute atomic E-state index is 0.0321. The molecule has 1 aromatic rings. The number of carbonyl (C=O) groups is 1. The lowest BCUT2D eigenvalue weighted by Crippen LogP contribution is -2.50. The summed E-state index contributed by atoms with van der Waals surface area (Å²) in [5.41, 5.74) is 9.59. The van der Waals surface area contributed by atoms with Gasteiger partial charge in [0.05, 0.1) is 17.8 Å². The van der Waals surface area contributed by atoms with Crippen LogP contribution in [0, 0.1) is 0 Å². The van der Waals surface area contributed by atoms with Crippen LogP contribution in [0.3, 0.4) is 0 Å². The lowest BCUT2D eigenvalue weighted by atomic mass is 10.1. The molecule has 0 saturated heterocycles. The van der Waals surface area contributed by atoms with E-state index in [4.69, 9.17) is 9.96 Å². The number of azide groups is 1. The van der Waals surface area contributed by atoms with Gasteiger partial charge in [0.25, 0.3) is 5.91 Å². The Morgan fingerprint density at radius 3 is 2.75 bits per heavy atom. The third kappa shape index (κ3) is 2.52. The van der Waals surface area contributed by atoms with E-state index in [-0.39, 0.29) is 23.0 Å². The van der Waals surface area contributed by atoms with Crippen LogP contribution in [0.5, 0.6) is 0 Å². The van der Waals surface area contributed by atoms with Crippen LogP contribution in [0.15, 0.2) is 35.3 Å². The van der Waals surface area contributed by atoms with Crippen molar-refractivity contribution in [2.75, 3.05) is 0 Å². The molecule has 7 nitrogen and oxygen atoms in total. The zero-order valence-corrected chi connectivity index (χ0v) is 15.6. The van der Waals surface area contributed by atoms with E-state index in [2.05, 4.69) is 49.2 Å². The SMILES string of the molecule is CC(C)(C)[Si](C)(C)OC1=C[C@@H]2[C@@H](NC(=O)c3cccn32)[C@@H]1N=[N+]=[N-]. The molecule has 1 N–H and O–H groups in total. The average molecular weight is 345 g/mol. The molecule has 3 atom stereocenters. The summed E-state index contributed by atoms with van der Waals surface area (Å²) in [5, 5.41) is 6.93. The highest BCUT2D eigenvalue weighted by Crippen LogP contribution is 2.42. The highest BCUT2D eigenvalue weighted by atomic mass is 28.4. The molecule has 2 aliphatic rings. The number of hydrogen-bond acceptors (Lipinski definition) is 3. The number of aromatic nitrogens is 1. The van der Waals surface area contributed by atoms with Crippen LogP contribution < -0.4 is 5.32 Å². The molecule has 0 unspecified atom stereocenters. The lowest BCUT2D eigenvalue weighted by Gasteiger charge is -2.38.